The highest BCUT2D eigenvalue weighted by Crippen LogP contribution is 2.05. The highest BCUT2D eigenvalue weighted by Gasteiger charge is 2.11. The number of nitrogens with zero attached hydrogens (tertiary/aromatic N) is 3. The molecular weight excluding hydrogens is 202 g/mol. The number of aromatic nitrogens is 3. The second-order valence-electron chi connectivity index (χ2n) is 3.60. The Hall–Kier alpha value is -2.10. The predicted molar refractivity (Wildman–Crippen MR) is 59.2 cm³/mol. The minimum Gasteiger partial charge on any atom is -0.285 e. The molecule has 2 heterocycles. The van der Waals surface area contributed by atoms with E-state index in [-0.39, 0.29) is 11.6 Å². The van der Waals surface area contributed by atoms with Crippen LogP contribution in [0.1, 0.15) is 27.4 Å². The van der Waals surface area contributed by atoms with E-state index in [9.17, 15) is 4.79 Å². The van der Waals surface area contributed by atoms with Crippen LogP contribution in [0.4, 0.5) is 0 Å². The SMILES string of the molecule is Cc1cnc(C(=O)c2ccc(C)nc2)nc1. The first kappa shape index (κ1) is 10.4. The van der Waals surface area contributed by atoms with Crippen molar-refractivity contribution in [1.82, 2.24) is 15.0 Å². The fourth-order valence-electron chi connectivity index (χ4n) is 1.24. The Morgan fingerprint density at radius 2 is 1.69 bits per heavy atom. The minimum atomic E-state index is -0.201. The monoisotopic (exact) mass is 213 g/mol. The molecular formula is C12H11N3O. The van der Waals surface area contributed by atoms with Crippen molar-refractivity contribution in [3.8, 4) is 0 Å². The van der Waals surface area contributed by atoms with Crippen LogP contribution in [0.5, 0.6) is 0 Å². The van der Waals surface area contributed by atoms with E-state index in [1.54, 1.807) is 30.7 Å². The number of carbonyl (C=O) groups is 1. The lowest BCUT2D eigenvalue weighted by Crippen LogP contribution is -2.07. The van der Waals surface area contributed by atoms with E-state index >= 15 is 0 Å². The van der Waals surface area contributed by atoms with Gasteiger partial charge >= 0.3 is 0 Å². The van der Waals surface area contributed by atoms with E-state index in [0.717, 1.165) is 11.3 Å². The van der Waals surface area contributed by atoms with Crippen LogP contribution < -0.4 is 0 Å². The third-order valence-corrected chi connectivity index (χ3v) is 2.16. The summed E-state index contributed by atoms with van der Waals surface area (Å²) in [7, 11) is 0. The van der Waals surface area contributed by atoms with Gasteiger partial charge in [0.25, 0.3) is 0 Å². The highest BCUT2D eigenvalue weighted by molar-refractivity contribution is 6.06. The van der Waals surface area contributed by atoms with Gasteiger partial charge in [0.05, 0.1) is 0 Å². The van der Waals surface area contributed by atoms with Crippen molar-refractivity contribution in [3.63, 3.8) is 0 Å². The molecule has 0 spiro atoms. The first-order valence-corrected chi connectivity index (χ1v) is 4.93. The summed E-state index contributed by atoms with van der Waals surface area (Å²) in [6, 6.07) is 3.52. The van der Waals surface area contributed by atoms with E-state index in [2.05, 4.69) is 15.0 Å². The smallest absolute Gasteiger partial charge is 0.231 e. The topological polar surface area (TPSA) is 55.7 Å². The lowest BCUT2D eigenvalue weighted by molar-refractivity contribution is 0.102. The van der Waals surface area contributed by atoms with E-state index in [1.165, 1.54) is 0 Å². The molecule has 0 aliphatic heterocycles. The summed E-state index contributed by atoms with van der Waals surface area (Å²) in [6.07, 6.45) is 4.80. The second-order valence-corrected chi connectivity index (χ2v) is 3.60. The van der Waals surface area contributed by atoms with Crippen LogP contribution in [0.25, 0.3) is 0 Å². The molecule has 0 N–H and O–H groups in total. The predicted octanol–water partition coefficient (Wildman–Crippen LogP) is 1.72. The van der Waals surface area contributed by atoms with Gasteiger partial charge in [0, 0.05) is 29.8 Å². The molecule has 0 saturated heterocycles. The molecule has 2 aromatic rings. The Labute approximate surface area is 93.4 Å². The van der Waals surface area contributed by atoms with Crippen LogP contribution in [-0.2, 0) is 0 Å². The maximum Gasteiger partial charge on any atom is 0.231 e. The van der Waals surface area contributed by atoms with Gasteiger partial charge < -0.3 is 0 Å². The molecule has 80 valence electrons. The van der Waals surface area contributed by atoms with E-state index in [1.807, 2.05) is 13.8 Å². The molecule has 4 nitrogen and oxygen atoms in total. The summed E-state index contributed by atoms with van der Waals surface area (Å²) >= 11 is 0. The van der Waals surface area contributed by atoms with E-state index < -0.39 is 0 Å². The number of hydrogen-bond acceptors (Lipinski definition) is 4. The second kappa shape index (κ2) is 4.18. The molecule has 0 radical (unpaired) electrons. The first-order valence-electron chi connectivity index (χ1n) is 4.93. The molecule has 0 aliphatic carbocycles. The molecule has 0 saturated carbocycles. The fourth-order valence-corrected chi connectivity index (χ4v) is 1.24. The van der Waals surface area contributed by atoms with Gasteiger partial charge in [-0.15, -0.1) is 0 Å². The number of aryl methyl sites for hydroxylation is 2. The van der Waals surface area contributed by atoms with Gasteiger partial charge in [0.15, 0.2) is 0 Å². The number of hydrogen-bond donors (Lipinski definition) is 0. The molecule has 2 aromatic heterocycles. The summed E-state index contributed by atoms with van der Waals surface area (Å²) in [5.74, 6) is 0.00348. The van der Waals surface area contributed by atoms with Crippen LogP contribution >= 0.6 is 0 Å². The standard InChI is InChI=1S/C12H11N3O/c1-8-5-14-12(15-6-8)11(16)10-4-3-9(2)13-7-10/h3-7H,1-2H3. The van der Waals surface area contributed by atoms with Gasteiger partial charge in [-0.05, 0) is 31.5 Å². The van der Waals surface area contributed by atoms with Crippen molar-refractivity contribution in [3.05, 3.63) is 53.4 Å². The Bertz CT molecular complexity index is 455. The Morgan fingerprint density at radius 3 is 2.25 bits per heavy atom. The van der Waals surface area contributed by atoms with Crippen molar-refractivity contribution in [2.45, 2.75) is 13.8 Å². The van der Waals surface area contributed by atoms with Crippen LogP contribution in [0.15, 0.2) is 30.7 Å². The molecule has 0 fully saturated rings. The van der Waals surface area contributed by atoms with Crippen molar-refractivity contribution < 1.29 is 4.79 Å². The molecule has 0 bridgehead atoms. The maximum absolute atomic E-state index is 11.9. The lowest BCUT2D eigenvalue weighted by atomic mass is 10.1. The lowest BCUT2D eigenvalue weighted by Gasteiger charge is -1.99. The third-order valence-electron chi connectivity index (χ3n) is 2.16. The van der Waals surface area contributed by atoms with Gasteiger partial charge in [-0.2, -0.15) is 0 Å². The zero-order chi connectivity index (χ0) is 11.5. The number of pyridine rings is 1. The van der Waals surface area contributed by atoms with Gasteiger partial charge in [-0.1, -0.05) is 0 Å². The van der Waals surface area contributed by atoms with Gasteiger partial charge in [-0.25, -0.2) is 9.97 Å². The van der Waals surface area contributed by atoms with Gasteiger partial charge in [0.1, 0.15) is 0 Å². The summed E-state index contributed by atoms with van der Waals surface area (Å²) in [6.45, 7) is 3.75. The van der Waals surface area contributed by atoms with E-state index in [4.69, 9.17) is 0 Å². The number of carbonyl (C=O) groups excluding carboxylic acids is 1. The zero-order valence-electron chi connectivity index (χ0n) is 9.14. The molecule has 0 aliphatic rings. The maximum atomic E-state index is 11.9. The Morgan fingerprint density at radius 1 is 1.00 bits per heavy atom. The Kier molecular flexibility index (Phi) is 2.72. The van der Waals surface area contributed by atoms with E-state index in [0.29, 0.717) is 5.56 Å². The van der Waals surface area contributed by atoms with Crippen LogP contribution in [0.2, 0.25) is 0 Å². The zero-order valence-corrected chi connectivity index (χ0v) is 9.14. The number of ketones is 1. The quantitative estimate of drug-likeness (QED) is 0.713. The van der Waals surface area contributed by atoms with Gasteiger partial charge in [-0.3, -0.25) is 9.78 Å². The third kappa shape index (κ3) is 2.11. The minimum absolute atomic E-state index is 0.201. The molecule has 0 unspecified atom stereocenters. The average molecular weight is 213 g/mol. The first-order chi connectivity index (χ1) is 7.66. The molecule has 0 amide bonds. The molecule has 4 heteroatoms. The fraction of sp³-hybridized carbons (Fsp3) is 0.167. The van der Waals surface area contributed by atoms with Crippen LogP contribution in [0.3, 0.4) is 0 Å². The van der Waals surface area contributed by atoms with Crippen LogP contribution in [0, 0.1) is 13.8 Å². The number of rotatable bonds is 2. The summed E-state index contributed by atoms with van der Waals surface area (Å²) in [5, 5.41) is 0. The van der Waals surface area contributed by atoms with Crippen LogP contribution in [-0.4, -0.2) is 20.7 Å². The van der Waals surface area contributed by atoms with Crippen molar-refractivity contribution in [2.75, 3.05) is 0 Å². The average Bonchev–Trinajstić information content (AvgIpc) is 2.30. The van der Waals surface area contributed by atoms with Gasteiger partial charge in [0.2, 0.25) is 11.6 Å². The highest BCUT2D eigenvalue weighted by atomic mass is 16.1. The summed E-state index contributed by atoms with van der Waals surface area (Å²) < 4.78 is 0. The summed E-state index contributed by atoms with van der Waals surface area (Å²) in [4.78, 5) is 23.9. The van der Waals surface area contributed by atoms with Crippen molar-refractivity contribution in [2.24, 2.45) is 0 Å². The van der Waals surface area contributed by atoms with Crippen molar-refractivity contribution >= 4 is 5.78 Å². The summed E-state index contributed by atoms with van der Waals surface area (Å²) in [5.41, 5.74) is 2.31. The molecule has 2 rings (SSSR count). The molecule has 0 atom stereocenters. The largest absolute Gasteiger partial charge is 0.285 e. The molecule has 0 aromatic carbocycles. The Balaban J connectivity index is 2.32. The molecule has 16 heavy (non-hydrogen) atoms. The van der Waals surface area contributed by atoms with Crippen molar-refractivity contribution in [1.29, 1.82) is 0 Å². The normalized spacial score (nSPS) is 10.1.